The zero-order valence-corrected chi connectivity index (χ0v) is 13.8. The van der Waals surface area contributed by atoms with Gasteiger partial charge in [0.25, 0.3) is 5.91 Å². The number of anilines is 1. The van der Waals surface area contributed by atoms with E-state index in [9.17, 15) is 13.6 Å². The second-order valence-corrected chi connectivity index (χ2v) is 5.36. The largest absolute Gasteiger partial charge is 0.493 e. The van der Waals surface area contributed by atoms with Crippen LogP contribution in [0.2, 0.25) is 0 Å². The SMILES string of the molecule is COc1ccccc1Oc1ccc(NC(=O)c2ccc(F)cc2F)cc1. The van der Waals surface area contributed by atoms with Gasteiger partial charge in [-0.3, -0.25) is 4.79 Å². The van der Waals surface area contributed by atoms with Crippen LogP contribution < -0.4 is 14.8 Å². The third kappa shape index (κ3) is 3.97. The molecule has 4 nitrogen and oxygen atoms in total. The Hall–Kier alpha value is -3.41. The third-order valence-electron chi connectivity index (χ3n) is 3.58. The van der Waals surface area contributed by atoms with Crippen molar-refractivity contribution in [1.82, 2.24) is 0 Å². The normalized spacial score (nSPS) is 10.3. The fourth-order valence-corrected chi connectivity index (χ4v) is 2.31. The van der Waals surface area contributed by atoms with Crippen molar-refractivity contribution < 1.29 is 23.0 Å². The standard InChI is InChI=1S/C20H15F2NO3/c1-25-18-4-2-3-5-19(18)26-15-9-7-14(8-10-15)23-20(24)16-11-6-13(21)12-17(16)22/h2-12H,1H3,(H,23,24). The summed E-state index contributed by atoms with van der Waals surface area (Å²) in [5.41, 5.74) is 0.215. The molecule has 0 aliphatic rings. The van der Waals surface area contributed by atoms with Crippen molar-refractivity contribution in [2.75, 3.05) is 12.4 Å². The molecule has 0 aromatic heterocycles. The molecule has 0 unspecified atom stereocenters. The lowest BCUT2D eigenvalue weighted by molar-refractivity contribution is 0.102. The second kappa shape index (κ2) is 7.65. The Bertz CT molecular complexity index is 927. The Labute approximate surface area is 149 Å². The average Bonchev–Trinajstić information content (AvgIpc) is 2.63. The molecule has 6 heteroatoms. The van der Waals surface area contributed by atoms with E-state index in [0.717, 1.165) is 12.1 Å². The highest BCUT2D eigenvalue weighted by Crippen LogP contribution is 2.31. The lowest BCUT2D eigenvalue weighted by Gasteiger charge is -2.11. The van der Waals surface area contributed by atoms with Crippen molar-refractivity contribution in [1.29, 1.82) is 0 Å². The summed E-state index contributed by atoms with van der Waals surface area (Å²) < 4.78 is 37.5. The van der Waals surface area contributed by atoms with Crippen molar-refractivity contribution in [3.05, 3.63) is 83.9 Å². The van der Waals surface area contributed by atoms with E-state index in [2.05, 4.69) is 5.32 Å². The number of amides is 1. The molecule has 1 amide bonds. The predicted molar refractivity (Wildman–Crippen MR) is 93.8 cm³/mol. The van der Waals surface area contributed by atoms with Gasteiger partial charge in [-0.15, -0.1) is 0 Å². The van der Waals surface area contributed by atoms with Crippen molar-refractivity contribution in [2.24, 2.45) is 0 Å². The van der Waals surface area contributed by atoms with Crippen LogP contribution in [0, 0.1) is 11.6 Å². The molecule has 0 saturated heterocycles. The van der Waals surface area contributed by atoms with Crippen molar-refractivity contribution >= 4 is 11.6 Å². The molecule has 0 aliphatic carbocycles. The van der Waals surface area contributed by atoms with E-state index < -0.39 is 17.5 Å². The van der Waals surface area contributed by atoms with E-state index in [1.54, 1.807) is 43.5 Å². The molecule has 26 heavy (non-hydrogen) atoms. The van der Waals surface area contributed by atoms with E-state index in [4.69, 9.17) is 9.47 Å². The maximum absolute atomic E-state index is 13.6. The minimum Gasteiger partial charge on any atom is -0.493 e. The first kappa shape index (κ1) is 17.4. The number of ether oxygens (including phenoxy) is 2. The van der Waals surface area contributed by atoms with Gasteiger partial charge in [-0.2, -0.15) is 0 Å². The minimum absolute atomic E-state index is 0.235. The molecule has 0 saturated carbocycles. The van der Waals surface area contributed by atoms with Crippen LogP contribution in [0.1, 0.15) is 10.4 Å². The monoisotopic (exact) mass is 355 g/mol. The molecular formula is C20H15F2NO3. The molecule has 0 radical (unpaired) electrons. The Morgan fingerprint density at radius 2 is 1.62 bits per heavy atom. The van der Waals surface area contributed by atoms with Gasteiger partial charge >= 0.3 is 0 Å². The highest BCUT2D eigenvalue weighted by atomic mass is 19.1. The summed E-state index contributed by atoms with van der Waals surface area (Å²) in [6.45, 7) is 0. The van der Waals surface area contributed by atoms with Gasteiger partial charge in [0.05, 0.1) is 12.7 Å². The van der Waals surface area contributed by atoms with Crippen LogP contribution in [0.25, 0.3) is 0 Å². The van der Waals surface area contributed by atoms with E-state index in [-0.39, 0.29) is 5.56 Å². The molecule has 132 valence electrons. The minimum atomic E-state index is -0.918. The van der Waals surface area contributed by atoms with Crippen molar-refractivity contribution in [3.63, 3.8) is 0 Å². The van der Waals surface area contributed by atoms with Crippen LogP contribution in [0.4, 0.5) is 14.5 Å². The Kier molecular flexibility index (Phi) is 5.12. The second-order valence-electron chi connectivity index (χ2n) is 5.36. The number of rotatable bonds is 5. The smallest absolute Gasteiger partial charge is 0.258 e. The molecule has 0 spiro atoms. The molecule has 0 aliphatic heterocycles. The summed E-state index contributed by atoms with van der Waals surface area (Å²) in [6.07, 6.45) is 0. The molecule has 0 heterocycles. The van der Waals surface area contributed by atoms with Gasteiger partial charge in [0.1, 0.15) is 17.4 Å². The van der Waals surface area contributed by atoms with Crippen LogP contribution in [-0.4, -0.2) is 13.0 Å². The number of hydrogen-bond donors (Lipinski definition) is 1. The molecule has 0 atom stereocenters. The van der Waals surface area contributed by atoms with Gasteiger partial charge in [-0.25, -0.2) is 8.78 Å². The summed E-state index contributed by atoms with van der Waals surface area (Å²) in [5.74, 6) is -0.631. The maximum Gasteiger partial charge on any atom is 0.258 e. The lowest BCUT2D eigenvalue weighted by Crippen LogP contribution is -2.13. The molecule has 1 N–H and O–H groups in total. The molecule has 0 fully saturated rings. The number of hydrogen-bond acceptors (Lipinski definition) is 3. The Morgan fingerprint density at radius 1 is 0.923 bits per heavy atom. The predicted octanol–water partition coefficient (Wildman–Crippen LogP) is 5.02. The van der Waals surface area contributed by atoms with Crippen molar-refractivity contribution in [2.45, 2.75) is 0 Å². The fraction of sp³-hybridized carbons (Fsp3) is 0.0500. The van der Waals surface area contributed by atoms with Gasteiger partial charge in [-0.05, 0) is 48.5 Å². The number of halogens is 2. The number of para-hydroxylation sites is 2. The molecule has 3 aromatic rings. The number of carbonyl (C=O) groups excluding carboxylic acids is 1. The first-order valence-corrected chi connectivity index (χ1v) is 7.74. The zero-order valence-electron chi connectivity index (χ0n) is 13.8. The van der Waals surface area contributed by atoms with Gasteiger partial charge in [0.2, 0.25) is 0 Å². The average molecular weight is 355 g/mol. The summed E-state index contributed by atoms with van der Waals surface area (Å²) in [6, 6.07) is 16.5. The highest BCUT2D eigenvalue weighted by Gasteiger charge is 2.13. The number of carbonyl (C=O) groups is 1. The van der Waals surface area contributed by atoms with Crippen LogP contribution >= 0.6 is 0 Å². The Balaban J connectivity index is 1.70. The summed E-state index contributed by atoms with van der Waals surface area (Å²) in [4.78, 5) is 12.1. The van der Waals surface area contributed by atoms with Crippen LogP contribution in [0.3, 0.4) is 0 Å². The number of benzene rings is 3. The van der Waals surface area contributed by atoms with E-state index in [0.29, 0.717) is 29.0 Å². The molecule has 3 aromatic carbocycles. The Morgan fingerprint density at radius 3 is 2.27 bits per heavy atom. The summed E-state index contributed by atoms with van der Waals surface area (Å²) >= 11 is 0. The topological polar surface area (TPSA) is 47.6 Å². The molecule has 0 bridgehead atoms. The lowest BCUT2D eigenvalue weighted by atomic mass is 10.2. The first-order chi connectivity index (χ1) is 12.6. The van der Waals surface area contributed by atoms with Gasteiger partial charge in [-0.1, -0.05) is 12.1 Å². The van der Waals surface area contributed by atoms with Gasteiger partial charge in [0.15, 0.2) is 11.5 Å². The van der Waals surface area contributed by atoms with Gasteiger partial charge in [0, 0.05) is 11.8 Å². The first-order valence-electron chi connectivity index (χ1n) is 7.74. The van der Waals surface area contributed by atoms with E-state index in [1.165, 1.54) is 0 Å². The van der Waals surface area contributed by atoms with Crippen LogP contribution in [0.5, 0.6) is 17.2 Å². The van der Waals surface area contributed by atoms with E-state index in [1.807, 2.05) is 12.1 Å². The van der Waals surface area contributed by atoms with Gasteiger partial charge < -0.3 is 14.8 Å². The van der Waals surface area contributed by atoms with Crippen LogP contribution in [0.15, 0.2) is 66.7 Å². The summed E-state index contributed by atoms with van der Waals surface area (Å²) in [7, 11) is 1.55. The quantitative estimate of drug-likeness (QED) is 0.699. The fourth-order valence-electron chi connectivity index (χ4n) is 2.31. The summed E-state index contributed by atoms with van der Waals surface area (Å²) in [5, 5.41) is 2.55. The number of methoxy groups -OCH3 is 1. The third-order valence-corrected chi connectivity index (χ3v) is 3.58. The molecule has 3 rings (SSSR count). The van der Waals surface area contributed by atoms with E-state index >= 15 is 0 Å². The van der Waals surface area contributed by atoms with Crippen molar-refractivity contribution in [3.8, 4) is 17.2 Å². The maximum atomic E-state index is 13.6. The number of nitrogens with one attached hydrogen (secondary N) is 1. The highest BCUT2D eigenvalue weighted by molar-refractivity contribution is 6.04. The molecular weight excluding hydrogens is 340 g/mol. The van der Waals surface area contributed by atoms with Crippen LogP contribution in [-0.2, 0) is 0 Å². The zero-order chi connectivity index (χ0) is 18.5.